The number of carboxylic acid groups (broad SMARTS) is 1. The summed E-state index contributed by atoms with van der Waals surface area (Å²) in [6.45, 7) is 1.30. The van der Waals surface area contributed by atoms with Crippen molar-refractivity contribution < 1.29 is 29.6 Å². The summed E-state index contributed by atoms with van der Waals surface area (Å²) in [5.74, 6) is -1.94. The van der Waals surface area contributed by atoms with Crippen molar-refractivity contribution in [3.8, 4) is 11.5 Å². The lowest BCUT2D eigenvalue weighted by atomic mass is 9.99. The molecular weight excluding hydrogens is 252 g/mol. The maximum absolute atomic E-state index is 11.3. The van der Waals surface area contributed by atoms with Crippen LogP contribution in [0.25, 0.3) is 0 Å². The number of hydrogen-bond acceptors (Lipinski definition) is 5. The van der Waals surface area contributed by atoms with Crippen LogP contribution in [-0.2, 0) is 16.0 Å². The van der Waals surface area contributed by atoms with E-state index in [1.807, 2.05) is 0 Å². The van der Waals surface area contributed by atoms with Crippen molar-refractivity contribution in [2.45, 2.75) is 25.9 Å². The van der Waals surface area contributed by atoms with Gasteiger partial charge in [-0.3, -0.25) is 4.79 Å². The number of carbonyl (C=O) groups excluding carboxylic acids is 1. The third-order valence-corrected chi connectivity index (χ3v) is 2.85. The molecule has 0 unspecified atom stereocenters. The Balaban J connectivity index is 2.97. The van der Waals surface area contributed by atoms with Gasteiger partial charge >= 0.3 is 5.97 Å². The molecule has 0 saturated carbocycles. The van der Waals surface area contributed by atoms with Crippen molar-refractivity contribution in [2.75, 3.05) is 7.11 Å². The smallest absolute Gasteiger partial charge is 0.332 e. The lowest BCUT2D eigenvalue weighted by molar-refractivity contribution is -0.148. The first kappa shape index (κ1) is 15.0. The molecule has 104 valence electrons. The maximum Gasteiger partial charge on any atom is 0.332 e. The predicted molar refractivity (Wildman–Crippen MR) is 66.5 cm³/mol. The Morgan fingerprint density at radius 1 is 1.32 bits per heavy atom. The van der Waals surface area contributed by atoms with Crippen LogP contribution in [0.4, 0.5) is 0 Å². The fraction of sp³-hybridized carbons (Fsp3) is 0.385. The molecule has 6 nitrogen and oxygen atoms in total. The number of hydrogen-bond donors (Lipinski definition) is 3. The molecule has 0 saturated heterocycles. The van der Waals surface area contributed by atoms with Gasteiger partial charge < -0.3 is 20.1 Å². The van der Waals surface area contributed by atoms with E-state index in [1.165, 1.54) is 26.2 Å². The van der Waals surface area contributed by atoms with E-state index in [2.05, 4.69) is 0 Å². The number of benzene rings is 1. The summed E-state index contributed by atoms with van der Waals surface area (Å²) in [5, 5.41) is 28.4. The third-order valence-electron chi connectivity index (χ3n) is 2.85. The van der Waals surface area contributed by atoms with Crippen LogP contribution in [0, 0.1) is 0 Å². The molecule has 0 aliphatic heterocycles. The molecule has 0 aliphatic rings. The minimum Gasteiger partial charge on any atom is -0.508 e. The fourth-order valence-corrected chi connectivity index (χ4v) is 1.77. The van der Waals surface area contributed by atoms with E-state index in [0.29, 0.717) is 0 Å². The zero-order valence-corrected chi connectivity index (χ0v) is 10.7. The van der Waals surface area contributed by atoms with Gasteiger partial charge in [0.25, 0.3) is 0 Å². The Bertz CT molecular complexity index is 494. The highest BCUT2D eigenvalue weighted by Gasteiger charge is 2.20. The van der Waals surface area contributed by atoms with E-state index >= 15 is 0 Å². The number of aromatic hydroxyl groups is 2. The van der Waals surface area contributed by atoms with Crippen molar-refractivity contribution in [1.29, 1.82) is 0 Å². The summed E-state index contributed by atoms with van der Waals surface area (Å²) in [5.41, 5.74) is 0.244. The summed E-state index contributed by atoms with van der Waals surface area (Å²) in [6.07, 6.45) is -0.863. The summed E-state index contributed by atoms with van der Waals surface area (Å²) in [7, 11) is 1.27. The summed E-state index contributed by atoms with van der Waals surface area (Å²) >= 11 is 0. The number of carbonyl (C=O) groups is 2. The number of phenols is 2. The van der Waals surface area contributed by atoms with Gasteiger partial charge in [0, 0.05) is 12.7 Å². The van der Waals surface area contributed by atoms with Crippen molar-refractivity contribution in [3.05, 3.63) is 23.3 Å². The minimum absolute atomic E-state index is 0.0777. The molecule has 1 atom stereocenters. The van der Waals surface area contributed by atoms with Gasteiger partial charge in [-0.15, -0.1) is 0 Å². The summed E-state index contributed by atoms with van der Waals surface area (Å²) < 4.78 is 4.76. The molecule has 0 amide bonds. The second-order valence-corrected chi connectivity index (χ2v) is 4.12. The summed E-state index contributed by atoms with van der Waals surface area (Å²) in [4.78, 5) is 22.1. The van der Waals surface area contributed by atoms with Crippen molar-refractivity contribution in [3.63, 3.8) is 0 Å². The van der Waals surface area contributed by atoms with Gasteiger partial charge in [0.15, 0.2) is 11.9 Å². The highest BCUT2D eigenvalue weighted by atomic mass is 16.5. The molecule has 0 bridgehead atoms. The zero-order valence-electron chi connectivity index (χ0n) is 10.7. The van der Waals surface area contributed by atoms with Gasteiger partial charge in [0.2, 0.25) is 0 Å². The van der Waals surface area contributed by atoms with Crippen LogP contribution in [0.5, 0.6) is 11.5 Å². The van der Waals surface area contributed by atoms with Crippen LogP contribution in [0.2, 0.25) is 0 Å². The number of methoxy groups -OCH3 is 1. The Morgan fingerprint density at radius 2 is 1.95 bits per heavy atom. The van der Waals surface area contributed by atoms with Gasteiger partial charge in [-0.1, -0.05) is 0 Å². The Hall–Kier alpha value is -2.08. The van der Waals surface area contributed by atoms with E-state index in [-0.39, 0.29) is 41.3 Å². The largest absolute Gasteiger partial charge is 0.508 e. The molecule has 19 heavy (non-hydrogen) atoms. The van der Waals surface area contributed by atoms with Crippen LogP contribution >= 0.6 is 0 Å². The first-order valence-electron chi connectivity index (χ1n) is 5.68. The molecule has 0 heterocycles. The number of phenolic OH excluding ortho intramolecular Hbond substituents is 2. The molecule has 1 aromatic rings. The number of ketones is 1. The molecule has 0 aromatic heterocycles. The Kier molecular flexibility index (Phi) is 4.88. The molecule has 0 fully saturated rings. The first-order chi connectivity index (χ1) is 8.88. The van der Waals surface area contributed by atoms with E-state index in [1.54, 1.807) is 0 Å². The van der Waals surface area contributed by atoms with Gasteiger partial charge in [-0.25, -0.2) is 4.79 Å². The van der Waals surface area contributed by atoms with E-state index in [9.17, 15) is 19.8 Å². The standard InChI is InChI=1S/C13H16O6/c1-7(14)8-3-5-10(15)9(12(8)16)4-6-11(19-2)13(17)18/h3,5,11,15-16H,4,6H2,1-2H3,(H,17,18)/t11-/m0/s1. The van der Waals surface area contributed by atoms with Crippen molar-refractivity contribution in [1.82, 2.24) is 0 Å². The Labute approximate surface area is 110 Å². The van der Waals surface area contributed by atoms with Crippen LogP contribution in [0.15, 0.2) is 12.1 Å². The molecule has 0 radical (unpaired) electrons. The molecule has 0 aliphatic carbocycles. The van der Waals surface area contributed by atoms with Crippen LogP contribution < -0.4 is 0 Å². The highest BCUT2D eigenvalue weighted by molar-refractivity contribution is 5.97. The number of Topliss-reactive ketones (excluding diaryl/α,β-unsaturated/α-hetero) is 1. The third kappa shape index (κ3) is 3.45. The first-order valence-corrected chi connectivity index (χ1v) is 5.68. The quantitative estimate of drug-likeness (QED) is 0.672. The van der Waals surface area contributed by atoms with Crippen LogP contribution in [-0.4, -0.2) is 40.3 Å². The second kappa shape index (κ2) is 6.19. The second-order valence-electron chi connectivity index (χ2n) is 4.12. The molecule has 3 N–H and O–H groups in total. The predicted octanol–water partition coefficient (Wildman–Crippen LogP) is 1.33. The zero-order chi connectivity index (χ0) is 14.6. The molecule has 1 aromatic carbocycles. The minimum atomic E-state index is -1.12. The lowest BCUT2D eigenvalue weighted by Crippen LogP contribution is -2.22. The van der Waals surface area contributed by atoms with E-state index < -0.39 is 12.1 Å². The monoisotopic (exact) mass is 268 g/mol. The summed E-state index contributed by atoms with van der Waals surface area (Å²) in [6, 6.07) is 2.62. The normalized spacial score (nSPS) is 12.1. The van der Waals surface area contributed by atoms with Crippen molar-refractivity contribution >= 4 is 11.8 Å². The van der Waals surface area contributed by atoms with Crippen molar-refractivity contribution in [2.24, 2.45) is 0 Å². The van der Waals surface area contributed by atoms with E-state index in [0.717, 1.165) is 0 Å². The average molecular weight is 268 g/mol. The van der Waals surface area contributed by atoms with Gasteiger partial charge in [-0.2, -0.15) is 0 Å². The highest BCUT2D eigenvalue weighted by Crippen LogP contribution is 2.32. The van der Waals surface area contributed by atoms with Gasteiger partial charge in [-0.05, 0) is 31.9 Å². The van der Waals surface area contributed by atoms with Gasteiger partial charge in [0.05, 0.1) is 5.56 Å². The molecular formula is C13H16O6. The SMILES string of the molecule is CO[C@@H](CCc1c(O)ccc(C(C)=O)c1O)C(=O)O. The molecule has 1 rings (SSSR count). The maximum atomic E-state index is 11.3. The van der Waals surface area contributed by atoms with E-state index in [4.69, 9.17) is 9.84 Å². The number of aliphatic carboxylic acids is 1. The van der Waals surface area contributed by atoms with Crippen LogP contribution in [0.3, 0.4) is 0 Å². The molecule has 0 spiro atoms. The molecule has 6 heteroatoms. The average Bonchev–Trinajstić information content (AvgIpc) is 2.32. The fourth-order valence-electron chi connectivity index (χ4n) is 1.77. The van der Waals surface area contributed by atoms with Gasteiger partial charge in [0.1, 0.15) is 11.5 Å². The number of rotatable bonds is 6. The number of ether oxygens (including phenoxy) is 1. The number of carboxylic acids is 1. The van der Waals surface area contributed by atoms with Crippen LogP contribution in [0.1, 0.15) is 29.3 Å². The topological polar surface area (TPSA) is 104 Å². The lowest BCUT2D eigenvalue weighted by Gasteiger charge is -2.13. The Morgan fingerprint density at radius 3 is 2.42 bits per heavy atom.